The van der Waals surface area contributed by atoms with Gasteiger partial charge in [0.2, 0.25) is 0 Å². The molecule has 0 amide bonds. The van der Waals surface area contributed by atoms with Crippen molar-refractivity contribution < 1.29 is 4.42 Å². The average molecular weight is 736 g/mol. The molecule has 0 aliphatic carbocycles. The first-order valence-electron chi connectivity index (χ1n) is 18.4. The van der Waals surface area contributed by atoms with E-state index in [1.807, 2.05) is 60.7 Å². The number of hydrogen-bond acceptors (Lipinski definition) is 7. The largest absolute Gasteiger partial charge is 0.455 e. The lowest BCUT2D eigenvalue weighted by Gasteiger charge is -2.09. The van der Waals surface area contributed by atoms with E-state index in [1.54, 1.807) is 11.3 Å². The summed E-state index contributed by atoms with van der Waals surface area (Å²) in [6.07, 6.45) is 0. The molecular weight excluding hydrogens is 707 g/mol. The Labute approximate surface area is 325 Å². The standard InChI is InChI=1S/C49H29N5OS/c1-4-13-30(14-5-1)31-23-25-34(26-24-31)48-52-47(33-17-8-3-9-18-33)53-49(54-48)35-27-28-36-37-20-12-21-39(44(37)55-40(36)29-35)43-45-42(38-19-10-11-22-41(38)56-45)50-46(51-43)32-15-6-2-7-16-32/h1-29H. The molecule has 0 aliphatic heterocycles. The number of fused-ring (bicyclic) bond motifs is 6. The molecule has 7 heteroatoms. The molecule has 0 bridgehead atoms. The van der Waals surface area contributed by atoms with Crippen LogP contribution in [0.15, 0.2) is 180 Å². The van der Waals surface area contributed by atoms with Gasteiger partial charge in [0.05, 0.1) is 15.9 Å². The fourth-order valence-corrected chi connectivity index (χ4v) is 8.55. The van der Waals surface area contributed by atoms with E-state index in [4.69, 9.17) is 29.3 Å². The lowest BCUT2D eigenvalue weighted by atomic mass is 10.0. The monoisotopic (exact) mass is 735 g/mol. The number of furan rings is 1. The zero-order chi connectivity index (χ0) is 37.0. The van der Waals surface area contributed by atoms with Crippen molar-refractivity contribution in [2.45, 2.75) is 0 Å². The van der Waals surface area contributed by atoms with Gasteiger partial charge in [0, 0.05) is 48.7 Å². The van der Waals surface area contributed by atoms with Crippen LogP contribution in [-0.2, 0) is 0 Å². The van der Waals surface area contributed by atoms with E-state index in [9.17, 15) is 0 Å². The van der Waals surface area contributed by atoms with Gasteiger partial charge in [-0.15, -0.1) is 11.3 Å². The van der Waals surface area contributed by atoms with E-state index in [-0.39, 0.29) is 0 Å². The van der Waals surface area contributed by atoms with Crippen LogP contribution in [0.1, 0.15) is 0 Å². The van der Waals surface area contributed by atoms with Crippen LogP contribution < -0.4 is 0 Å². The second kappa shape index (κ2) is 13.2. The first-order chi connectivity index (χ1) is 27.7. The van der Waals surface area contributed by atoms with Gasteiger partial charge in [-0.3, -0.25) is 0 Å². The molecular formula is C49H29N5OS. The van der Waals surface area contributed by atoms with Gasteiger partial charge < -0.3 is 4.42 Å². The maximum Gasteiger partial charge on any atom is 0.164 e. The molecule has 0 spiro atoms. The lowest BCUT2D eigenvalue weighted by molar-refractivity contribution is 0.670. The van der Waals surface area contributed by atoms with Gasteiger partial charge in [-0.1, -0.05) is 152 Å². The molecule has 0 saturated carbocycles. The number of aromatic nitrogens is 5. The molecule has 0 atom stereocenters. The Balaban J connectivity index is 1.06. The SMILES string of the molecule is c1ccc(-c2ccc(-c3nc(-c4ccccc4)nc(-c4ccc5c(c4)oc4c(-c6nc(-c7ccccc7)nc7c6sc6ccccc67)cccc45)n3)cc2)cc1. The molecule has 0 fully saturated rings. The minimum atomic E-state index is 0.568. The van der Waals surface area contributed by atoms with Crippen molar-refractivity contribution in [1.82, 2.24) is 24.9 Å². The van der Waals surface area contributed by atoms with E-state index in [0.29, 0.717) is 23.3 Å². The number of thiophene rings is 1. The molecule has 11 aromatic rings. The predicted octanol–water partition coefficient (Wildman–Crippen LogP) is 12.9. The highest BCUT2D eigenvalue weighted by Gasteiger charge is 2.21. The maximum atomic E-state index is 6.83. The molecule has 0 N–H and O–H groups in total. The van der Waals surface area contributed by atoms with Gasteiger partial charge in [0.25, 0.3) is 0 Å². The van der Waals surface area contributed by atoms with E-state index in [0.717, 1.165) is 82.2 Å². The average Bonchev–Trinajstić information content (AvgIpc) is 3.85. The summed E-state index contributed by atoms with van der Waals surface area (Å²) >= 11 is 1.71. The lowest BCUT2D eigenvalue weighted by Crippen LogP contribution is -2.00. The Bertz CT molecular complexity index is 3230. The van der Waals surface area contributed by atoms with Crippen LogP contribution in [0, 0.1) is 0 Å². The van der Waals surface area contributed by atoms with Gasteiger partial charge in [-0.25, -0.2) is 24.9 Å². The Morgan fingerprint density at radius 2 is 0.893 bits per heavy atom. The molecule has 11 rings (SSSR count). The fourth-order valence-electron chi connectivity index (χ4n) is 7.41. The highest BCUT2D eigenvalue weighted by Crippen LogP contribution is 2.43. The third-order valence-corrected chi connectivity index (χ3v) is 11.3. The maximum absolute atomic E-state index is 6.83. The Kier molecular flexibility index (Phi) is 7.57. The molecule has 0 saturated heterocycles. The summed E-state index contributed by atoms with van der Waals surface area (Å²) in [5, 5.41) is 3.14. The minimum Gasteiger partial charge on any atom is -0.455 e. The molecule has 56 heavy (non-hydrogen) atoms. The van der Waals surface area contributed by atoms with Crippen LogP contribution in [0.3, 0.4) is 0 Å². The second-order valence-corrected chi connectivity index (χ2v) is 14.7. The minimum absolute atomic E-state index is 0.568. The van der Waals surface area contributed by atoms with Gasteiger partial charge in [0.1, 0.15) is 11.2 Å². The zero-order valence-corrected chi connectivity index (χ0v) is 30.6. The van der Waals surface area contributed by atoms with Crippen molar-refractivity contribution in [3.8, 4) is 67.9 Å². The smallest absolute Gasteiger partial charge is 0.164 e. The van der Waals surface area contributed by atoms with Crippen LogP contribution in [-0.4, -0.2) is 24.9 Å². The van der Waals surface area contributed by atoms with E-state index >= 15 is 0 Å². The number of hydrogen-bond donors (Lipinski definition) is 0. The van der Waals surface area contributed by atoms with Crippen LogP contribution in [0.4, 0.5) is 0 Å². The summed E-state index contributed by atoms with van der Waals surface area (Å²) < 4.78 is 9.03. The summed E-state index contributed by atoms with van der Waals surface area (Å²) in [5.74, 6) is 2.46. The molecule has 6 nitrogen and oxygen atoms in total. The topological polar surface area (TPSA) is 77.6 Å². The number of rotatable bonds is 6. The summed E-state index contributed by atoms with van der Waals surface area (Å²) in [7, 11) is 0. The highest BCUT2D eigenvalue weighted by molar-refractivity contribution is 7.26. The van der Waals surface area contributed by atoms with Gasteiger partial charge in [-0.2, -0.15) is 0 Å². The van der Waals surface area contributed by atoms with E-state index in [1.165, 1.54) is 4.70 Å². The Morgan fingerprint density at radius 1 is 0.375 bits per heavy atom. The van der Waals surface area contributed by atoms with Crippen LogP contribution in [0.25, 0.3) is 110 Å². The van der Waals surface area contributed by atoms with Gasteiger partial charge in [-0.05, 0) is 35.4 Å². The summed E-state index contributed by atoms with van der Waals surface area (Å²) in [5.41, 5.74) is 10.1. The molecule has 0 radical (unpaired) electrons. The molecule has 0 aliphatic rings. The third-order valence-electron chi connectivity index (χ3n) is 10.2. The predicted molar refractivity (Wildman–Crippen MR) is 228 cm³/mol. The number of para-hydroxylation sites is 1. The molecule has 262 valence electrons. The van der Waals surface area contributed by atoms with Crippen LogP contribution in [0.5, 0.6) is 0 Å². The van der Waals surface area contributed by atoms with Crippen molar-refractivity contribution >= 4 is 53.6 Å². The van der Waals surface area contributed by atoms with Crippen LogP contribution in [0.2, 0.25) is 0 Å². The van der Waals surface area contributed by atoms with Crippen molar-refractivity contribution in [1.29, 1.82) is 0 Å². The molecule has 4 aromatic heterocycles. The van der Waals surface area contributed by atoms with E-state index < -0.39 is 0 Å². The zero-order valence-electron chi connectivity index (χ0n) is 29.8. The van der Waals surface area contributed by atoms with Crippen molar-refractivity contribution in [3.05, 3.63) is 176 Å². The molecule has 4 heterocycles. The normalized spacial score (nSPS) is 11.6. The Hall–Kier alpha value is -7.35. The van der Waals surface area contributed by atoms with Crippen molar-refractivity contribution in [2.24, 2.45) is 0 Å². The van der Waals surface area contributed by atoms with Gasteiger partial charge >= 0.3 is 0 Å². The summed E-state index contributed by atoms with van der Waals surface area (Å²) in [6.45, 7) is 0. The highest BCUT2D eigenvalue weighted by atomic mass is 32.1. The Morgan fingerprint density at radius 3 is 1.59 bits per heavy atom. The van der Waals surface area contributed by atoms with Gasteiger partial charge in [0.15, 0.2) is 23.3 Å². The van der Waals surface area contributed by atoms with Crippen molar-refractivity contribution in [2.75, 3.05) is 0 Å². The summed E-state index contributed by atoms with van der Waals surface area (Å²) in [4.78, 5) is 25.4. The first kappa shape index (κ1) is 32.1. The number of nitrogens with zero attached hydrogens (tertiary/aromatic N) is 5. The number of benzene rings is 7. The summed E-state index contributed by atoms with van der Waals surface area (Å²) in [6, 6.07) is 59.8. The first-order valence-corrected chi connectivity index (χ1v) is 19.2. The molecule has 7 aromatic carbocycles. The fraction of sp³-hybridized carbons (Fsp3) is 0. The van der Waals surface area contributed by atoms with E-state index in [2.05, 4.69) is 115 Å². The van der Waals surface area contributed by atoms with Crippen LogP contribution >= 0.6 is 11.3 Å². The second-order valence-electron chi connectivity index (χ2n) is 13.6. The molecule has 0 unspecified atom stereocenters. The quantitative estimate of drug-likeness (QED) is 0.169. The third kappa shape index (κ3) is 5.52. The van der Waals surface area contributed by atoms with Crippen molar-refractivity contribution in [3.63, 3.8) is 0 Å².